The van der Waals surface area contributed by atoms with Gasteiger partial charge in [-0.1, -0.05) is 18.3 Å². The number of halogens is 1. The Balaban J connectivity index is 2.41. The van der Waals surface area contributed by atoms with Gasteiger partial charge in [0.1, 0.15) is 10.8 Å². The number of nitrogens with two attached hydrogens (primary N) is 1. The van der Waals surface area contributed by atoms with Gasteiger partial charge in [-0.25, -0.2) is 17.5 Å². The van der Waals surface area contributed by atoms with Crippen molar-refractivity contribution in [2.45, 2.75) is 17.9 Å². The fraction of sp³-hybridized carbons (Fsp3) is 0.167. The van der Waals surface area contributed by atoms with Gasteiger partial charge < -0.3 is 5.73 Å². The summed E-state index contributed by atoms with van der Waals surface area (Å²) in [4.78, 5) is -0.602. The predicted octanol–water partition coefficient (Wildman–Crippen LogP) is 1.22. The SMILES string of the molecule is CC(NS(=O)(=O)c1cccc(F)c1C(N)=S)c1cn[nH]c1. The number of aromatic nitrogens is 2. The second kappa shape index (κ2) is 5.88. The average Bonchev–Trinajstić information content (AvgIpc) is 2.91. The van der Waals surface area contributed by atoms with E-state index < -0.39 is 21.9 Å². The molecule has 0 aliphatic rings. The molecule has 1 aromatic carbocycles. The van der Waals surface area contributed by atoms with Crippen LogP contribution in [-0.4, -0.2) is 23.6 Å². The second-order valence-corrected chi connectivity index (χ2v) is 6.47. The number of benzene rings is 1. The molecule has 1 aromatic heterocycles. The highest BCUT2D eigenvalue weighted by Crippen LogP contribution is 2.21. The topological polar surface area (TPSA) is 101 Å². The van der Waals surface area contributed by atoms with Gasteiger partial charge in [0.05, 0.1) is 16.7 Å². The van der Waals surface area contributed by atoms with Gasteiger partial charge in [-0.15, -0.1) is 0 Å². The van der Waals surface area contributed by atoms with Crippen LogP contribution < -0.4 is 10.5 Å². The van der Waals surface area contributed by atoms with Crippen molar-refractivity contribution in [3.05, 3.63) is 47.5 Å². The number of rotatable bonds is 5. The summed E-state index contributed by atoms with van der Waals surface area (Å²) < 4.78 is 41.0. The Hall–Kier alpha value is -1.84. The maximum Gasteiger partial charge on any atom is 0.241 e. The third kappa shape index (κ3) is 3.26. The Morgan fingerprint density at radius 1 is 1.52 bits per heavy atom. The van der Waals surface area contributed by atoms with E-state index in [0.29, 0.717) is 5.56 Å². The number of sulfonamides is 1. The molecule has 0 aliphatic carbocycles. The lowest BCUT2D eigenvalue weighted by Crippen LogP contribution is -2.29. The zero-order valence-electron chi connectivity index (χ0n) is 11.0. The van der Waals surface area contributed by atoms with Crippen LogP contribution in [0, 0.1) is 5.82 Å². The van der Waals surface area contributed by atoms with Crippen LogP contribution >= 0.6 is 12.2 Å². The average molecular weight is 328 g/mol. The molecule has 0 saturated heterocycles. The highest BCUT2D eigenvalue weighted by Gasteiger charge is 2.25. The van der Waals surface area contributed by atoms with Gasteiger partial charge in [-0.3, -0.25) is 5.10 Å². The van der Waals surface area contributed by atoms with Crippen molar-refractivity contribution in [1.82, 2.24) is 14.9 Å². The van der Waals surface area contributed by atoms with Crippen LogP contribution in [0.15, 0.2) is 35.5 Å². The molecule has 0 fully saturated rings. The van der Waals surface area contributed by atoms with Gasteiger partial charge in [-0.05, 0) is 19.1 Å². The first-order valence-electron chi connectivity index (χ1n) is 5.92. The molecule has 1 unspecified atom stereocenters. The minimum atomic E-state index is -3.98. The molecule has 0 saturated carbocycles. The second-order valence-electron chi connectivity index (χ2n) is 4.35. The van der Waals surface area contributed by atoms with Gasteiger partial charge in [-0.2, -0.15) is 5.10 Å². The lowest BCUT2D eigenvalue weighted by atomic mass is 10.2. The summed E-state index contributed by atoms with van der Waals surface area (Å²) in [6, 6.07) is 3.10. The van der Waals surface area contributed by atoms with E-state index in [-0.39, 0.29) is 15.4 Å². The van der Waals surface area contributed by atoms with E-state index in [1.54, 1.807) is 13.1 Å². The summed E-state index contributed by atoms with van der Waals surface area (Å²) in [6.07, 6.45) is 3.06. The summed E-state index contributed by atoms with van der Waals surface area (Å²) in [5.74, 6) is -0.777. The first-order valence-corrected chi connectivity index (χ1v) is 7.81. The molecule has 2 rings (SSSR count). The van der Waals surface area contributed by atoms with Crippen molar-refractivity contribution in [3.63, 3.8) is 0 Å². The quantitative estimate of drug-likeness (QED) is 0.717. The molecule has 1 atom stereocenters. The molecule has 0 spiro atoms. The third-order valence-corrected chi connectivity index (χ3v) is 4.65. The smallest absolute Gasteiger partial charge is 0.241 e. The molecule has 2 aromatic rings. The van der Waals surface area contributed by atoms with E-state index in [1.807, 2.05) is 0 Å². The molecule has 0 bridgehead atoms. The maximum absolute atomic E-state index is 13.8. The predicted molar refractivity (Wildman–Crippen MR) is 79.6 cm³/mol. The summed E-state index contributed by atoms with van der Waals surface area (Å²) in [7, 11) is -3.98. The van der Waals surface area contributed by atoms with E-state index in [0.717, 1.165) is 6.07 Å². The van der Waals surface area contributed by atoms with Gasteiger partial charge in [0.2, 0.25) is 10.0 Å². The zero-order valence-corrected chi connectivity index (χ0v) is 12.6. The summed E-state index contributed by atoms with van der Waals surface area (Å²) >= 11 is 4.73. The van der Waals surface area contributed by atoms with Crippen LogP contribution in [0.5, 0.6) is 0 Å². The minimum absolute atomic E-state index is 0.287. The van der Waals surface area contributed by atoms with Crippen LogP contribution in [0.25, 0.3) is 0 Å². The van der Waals surface area contributed by atoms with Crippen LogP contribution in [0.3, 0.4) is 0 Å². The van der Waals surface area contributed by atoms with E-state index in [1.165, 1.54) is 18.3 Å². The summed E-state index contributed by atoms with van der Waals surface area (Å²) in [6.45, 7) is 1.64. The first-order chi connectivity index (χ1) is 9.83. The normalized spacial score (nSPS) is 13.0. The number of hydrogen-bond donors (Lipinski definition) is 3. The molecule has 1 heterocycles. The van der Waals surface area contributed by atoms with Gasteiger partial charge in [0.25, 0.3) is 0 Å². The third-order valence-electron chi connectivity index (χ3n) is 2.86. The molecule has 0 aliphatic heterocycles. The van der Waals surface area contributed by atoms with Crippen molar-refractivity contribution < 1.29 is 12.8 Å². The number of thiocarbonyl (C=S) groups is 1. The lowest BCUT2D eigenvalue weighted by Gasteiger charge is -2.15. The fourth-order valence-corrected chi connectivity index (χ4v) is 3.56. The van der Waals surface area contributed by atoms with Crippen molar-refractivity contribution in [1.29, 1.82) is 0 Å². The van der Waals surface area contributed by atoms with Crippen molar-refractivity contribution in [2.75, 3.05) is 0 Å². The number of nitrogens with one attached hydrogen (secondary N) is 2. The number of H-pyrrole nitrogens is 1. The van der Waals surface area contributed by atoms with Crippen LogP contribution in [0.1, 0.15) is 24.1 Å². The van der Waals surface area contributed by atoms with E-state index in [2.05, 4.69) is 14.9 Å². The number of aromatic amines is 1. The van der Waals surface area contributed by atoms with Gasteiger partial charge >= 0.3 is 0 Å². The Labute approximate surface area is 126 Å². The summed E-state index contributed by atoms with van der Waals surface area (Å²) in [5.41, 5.74) is 5.77. The minimum Gasteiger partial charge on any atom is -0.389 e. The Bertz CT molecular complexity index is 760. The lowest BCUT2D eigenvalue weighted by molar-refractivity contribution is 0.563. The van der Waals surface area contributed by atoms with Crippen LogP contribution in [-0.2, 0) is 10.0 Å². The molecule has 9 heteroatoms. The fourth-order valence-electron chi connectivity index (χ4n) is 1.83. The molecular formula is C12H13FN4O2S2. The molecule has 4 N–H and O–H groups in total. The Kier molecular flexibility index (Phi) is 4.35. The highest BCUT2D eigenvalue weighted by molar-refractivity contribution is 7.89. The van der Waals surface area contributed by atoms with E-state index in [9.17, 15) is 12.8 Å². The molecule has 0 amide bonds. The van der Waals surface area contributed by atoms with E-state index >= 15 is 0 Å². The molecule has 21 heavy (non-hydrogen) atoms. The first kappa shape index (κ1) is 15.5. The molecule has 112 valence electrons. The molecular weight excluding hydrogens is 315 g/mol. The Morgan fingerprint density at radius 3 is 2.81 bits per heavy atom. The number of nitrogens with zero attached hydrogens (tertiary/aromatic N) is 1. The zero-order chi connectivity index (χ0) is 15.6. The van der Waals surface area contributed by atoms with Crippen LogP contribution in [0.2, 0.25) is 0 Å². The molecule has 0 radical (unpaired) electrons. The molecule has 6 nitrogen and oxygen atoms in total. The van der Waals surface area contributed by atoms with Crippen LogP contribution in [0.4, 0.5) is 4.39 Å². The van der Waals surface area contributed by atoms with Gasteiger partial charge in [0.15, 0.2) is 0 Å². The van der Waals surface area contributed by atoms with E-state index in [4.69, 9.17) is 18.0 Å². The summed E-state index contributed by atoms with van der Waals surface area (Å²) in [5, 5.41) is 6.33. The highest BCUT2D eigenvalue weighted by atomic mass is 32.2. The largest absolute Gasteiger partial charge is 0.389 e. The maximum atomic E-state index is 13.8. The Morgan fingerprint density at radius 2 is 2.24 bits per heavy atom. The van der Waals surface area contributed by atoms with Gasteiger partial charge in [0, 0.05) is 17.8 Å². The monoisotopic (exact) mass is 328 g/mol. The van der Waals surface area contributed by atoms with Crippen molar-refractivity contribution in [2.24, 2.45) is 5.73 Å². The van der Waals surface area contributed by atoms with Crippen molar-refractivity contribution in [3.8, 4) is 0 Å². The standard InChI is InChI=1S/C12H13FN4O2S2/c1-7(8-5-15-16-6-8)17-21(18,19)10-4-2-3-9(13)11(10)12(14)20/h2-7,17H,1H3,(H2,14,20)(H,15,16). The number of hydrogen-bond acceptors (Lipinski definition) is 4. The van der Waals surface area contributed by atoms with Crippen molar-refractivity contribution >= 4 is 27.2 Å².